The van der Waals surface area contributed by atoms with Gasteiger partial charge in [-0.05, 0) is 65.2 Å². The van der Waals surface area contributed by atoms with Gasteiger partial charge in [0, 0.05) is 12.3 Å². The monoisotopic (exact) mass is 352 g/mol. The van der Waals surface area contributed by atoms with Gasteiger partial charge >= 0.3 is 0 Å². The highest BCUT2D eigenvalue weighted by atomic mass is 79.9. The average Bonchev–Trinajstić information content (AvgIpc) is 2.48. The first-order chi connectivity index (χ1) is 10.1. The third kappa shape index (κ3) is 4.57. The van der Waals surface area contributed by atoms with Gasteiger partial charge in [-0.3, -0.25) is 4.79 Å². The predicted molar refractivity (Wildman–Crippen MR) is 89.8 cm³/mol. The maximum atomic E-state index is 12.5. The van der Waals surface area contributed by atoms with E-state index < -0.39 is 0 Å². The maximum absolute atomic E-state index is 12.5. The second-order valence-corrected chi connectivity index (χ2v) is 6.97. The fourth-order valence-corrected chi connectivity index (χ4v) is 3.93. The Morgan fingerprint density at radius 2 is 2.00 bits per heavy atom. The summed E-state index contributed by atoms with van der Waals surface area (Å²) in [6.45, 7) is 2.25. The van der Waals surface area contributed by atoms with Crippen LogP contribution < -0.4 is 4.74 Å². The molecule has 1 aliphatic rings. The molecule has 21 heavy (non-hydrogen) atoms. The van der Waals surface area contributed by atoms with Gasteiger partial charge in [-0.1, -0.05) is 25.8 Å². The molecular formula is C18H25BrO2. The first-order valence-corrected chi connectivity index (χ1v) is 8.78. The van der Waals surface area contributed by atoms with E-state index in [-0.39, 0.29) is 5.92 Å². The number of benzene rings is 1. The molecule has 0 heterocycles. The number of carbonyl (C=O) groups is 1. The van der Waals surface area contributed by atoms with E-state index in [1.54, 1.807) is 7.11 Å². The van der Waals surface area contributed by atoms with E-state index in [4.69, 9.17) is 4.74 Å². The predicted octanol–water partition coefficient (Wildman–Crippen LogP) is 5.18. The van der Waals surface area contributed by atoms with Gasteiger partial charge in [0.05, 0.1) is 11.6 Å². The molecule has 1 aliphatic carbocycles. The minimum atomic E-state index is 0.277. The third-order valence-electron chi connectivity index (χ3n) is 4.59. The summed E-state index contributed by atoms with van der Waals surface area (Å²) in [5, 5.41) is 0. The Morgan fingerprint density at radius 3 is 2.57 bits per heavy atom. The lowest BCUT2D eigenvalue weighted by Gasteiger charge is -2.27. The maximum Gasteiger partial charge on any atom is 0.140 e. The fourth-order valence-electron chi connectivity index (χ4n) is 3.35. The van der Waals surface area contributed by atoms with Crippen molar-refractivity contribution in [2.75, 3.05) is 7.11 Å². The lowest BCUT2D eigenvalue weighted by atomic mass is 9.77. The van der Waals surface area contributed by atoms with Crippen LogP contribution in [0.2, 0.25) is 0 Å². The van der Waals surface area contributed by atoms with E-state index in [1.807, 2.05) is 18.2 Å². The summed E-state index contributed by atoms with van der Waals surface area (Å²) in [4.78, 5) is 12.5. The van der Waals surface area contributed by atoms with Crippen LogP contribution in [-0.4, -0.2) is 12.9 Å². The SMILES string of the molecule is CCCC1CCC(C(=O)Cc2ccc(OC)c(Br)c2)CC1. The highest BCUT2D eigenvalue weighted by Gasteiger charge is 2.25. The van der Waals surface area contributed by atoms with E-state index in [9.17, 15) is 4.79 Å². The van der Waals surface area contributed by atoms with Gasteiger partial charge in [-0.2, -0.15) is 0 Å². The summed E-state index contributed by atoms with van der Waals surface area (Å²) < 4.78 is 6.14. The van der Waals surface area contributed by atoms with E-state index in [0.717, 1.165) is 34.5 Å². The lowest BCUT2D eigenvalue weighted by Crippen LogP contribution is -2.23. The molecule has 1 saturated carbocycles. The second kappa shape index (κ2) is 7.98. The highest BCUT2D eigenvalue weighted by Crippen LogP contribution is 2.33. The van der Waals surface area contributed by atoms with Crippen molar-refractivity contribution in [1.82, 2.24) is 0 Å². The molecule has 0 bridgehead atoms. The Labute approximate surface area is 136 Å². The molecule has 3 heteroatoms. The smallest absolute Gasteiger partial charge is 0.140 e. The van der Waals surface area contributed by atoms with Gasteiger partial charge in [-0.25, -0.2) is 0 Å². The zero-order valence-corrected chi connectivity index (χ0v) is 14.6. The molecule has 0 unspecified atom stereocenters. The molecule has 0 N–H and O–H groups in total. The van der Waals surface area contributed by atoms with Gasteiger partial charge in [0.2, 0.25) is 0 Å². The number of ether oxygens (including phenoxy) is 1. The summed E-state index contributed by atoms with van der Waals surface area (Å²) in [5.74, 6) is 2.35. The van der Waals surface area contributed by atoms with Crippen molar-refractivity contribution in [3.8, 4) is 5.75 Å². The fraction of sp³-hybridized carbons (Fsp3) is 0.611. The summed E-state index contributed by atoms with van der Waals surface area (Å²) in [5.41, 5.74) is 1.07. The average molecular weight is 353 g/mol. The van der Waals surface area contributed by atoms with Gasteiger partial charge in [-0.15, -0.1) is 0 Å². The largest absolute Gasteiger partial charge is 0.496 e. The molecule has 2 rings (SSSR count). The van der Waals surface area contributed by atoms with Crippen LogP contribution in [0.3, 0.4) is 0 Å². The minimum absolute atomic E-state index is 0.277. The molecule has 1 aromatic carbocycles. The molecule has 0 saturated heterocycles. The van der Waals surface area contributed by atoms with Crippen LogP contribution in [0.15, 0.2) is 22.7 Å². The standard InChI is InChI=1S/C18H25BrO2/c1-3-4-13-5-8-15(9-6-13)17(20)12-14-7-10-18(21-2)16(19)11-14/h7,10-11,13,15H,3-6,8-9,12H2,1-2H3. The van der Waals surface area contributed by atoms with Gasteiger partial charge in [0.1, 0.15) is 11.5 Å². The highest BCUT2D eigenvalue weighted by molar-refractivity contribution is 9.10. The Kier molecular flexibility index (Phi) is 6.28. The molecule has 0 amide bonds. The van der Waals surface area contributed by atoms with E-state index in [0.29, 0.717) is 12.2 Å². The molecule has 0 atom stereocenters. The Hall–Kier alpha value is -0.830. The minimum Gasteiger partial charge on any atom is -0.496 e. The molecule has 0 spiro atoms. The normalized spacial score (nSPS) is 22.0. The number of Topliss-reactive ketones (excluding diaryl/α,β-unsaturated/α-hetero) is 1. The van der Waals surface area contributed by atoms with Crippen molar-refractivity contribution < 1.29 is 9.53 Å². The van der Waals surface area contributed by atoms with E-state index >= 15 is 0 Å². The van der Waals surface area contributed by atoms with E-state index in [1.165, 1.54) is 25.7 Å². The number of hydrogen-bond donors (Lipinski definition) is 0. The number of methoxy groups -OCH3 is 1. The second-order valence-electron chi connectivity index (χ2n) is 6.12. The molecule has 1 aromatic rings. The van der Waals surface area contributed by atoms with Crippen LogP contribution in [0.4, 0.5) is 0 Å². The number of ketones is 1. The van der Waals surface area contributed by atoms with Crippen molar-refractivity contribution >= 4 is 21.7 Å². The summed E-state index contributed by atoms with van der Waals surface area (Å²) in [6.07, 6.45) is 7.77. The van der Waals surface area contributed by atoms with Gasteiger partial charge in [0.15, 0.2) is 0 Å². The first-order valence-electron chi connectivity index (χ1n) is 7.99. The molecule has 2 nitrogen and oxygen atoms in total. The Balaban J connectivity index is 1.89. The molecule has 1 fully saturated rings. The molecule has 0 aliphatic heterocycles. The molecular weight excluding hydrogens is 328 g/mol. The van der Waals surface area contributed by atoms with Crippen LogP contribution in [0.5, 0.6) is 5.75 Å². The molecule has 0 aromatic heterocycles. The zero-order valence-electron chi connectivity index (χ0n) is 13.0. The van der Waals surface area contributed by atoms with Crippen molar-refractivity contribution in [2.24, 2.45) is 11.8 Å². The van der Waals surface area contributed by atoms with Crippen molar-refractivity contribution in [3.05, 3.63) is 28.2 Å². The summed E-state index contributed by atoms with van der Waals surface area (Å²) >= 11 is 3.48. The third-order valence-corrected chi connectivity index (χ3v) is 5.21. The molecule has 0 radical (unpaired) electrons. The quantitative estimate of drug-likeness (QED) is 0.705. The van der Waals surface area contributed by atoms with Crippen molar-refractivity contribution in [1.29, 1.82) is 0 Å². The number of halogens is 1. The van der Waals surface area contributed by atoms with Crippen LogP contribution >= 0.6 is 15.9 Å². The Bertz CT molecular complexity index is 476. The summed E-state index contributed by atoms with van der Waals surface area (Å²) in [7, 11) is 1.65. The summed E-state index contributed by atoms with van der Waals surface area (Å²) in [6, 6.07) is 5.91. The van der Waals surface area contributed by atoms with Crippen LogP contribution in [0.1, 0.15) is 51.0 Å². The van der Waals surface area contributed by atoms with Gasteiger partial charge < -0.3 is 4.74 Å². The van der Waals surface area contributed by atoms with E-state index in [2.05, 4.69) is 22.9 Å². The number of carbonyl (C=O) groups excluding carboxylic acids is 1. The Morgan fingerprint density at radius 1 is 1.29 bits per heavy atom. The van der Waals surface area contributed by atoms with Gasteiger partial charge in [0.25, 0.3) is 0 Å². The van der Waals surface area contributed by atoms with Crippen LogP contribution in [-0.2, 0) is 11.2 Å². The van der Waals surface area contributed by atoms with Crippen molar-refractivity contribution in [3.63, 3.8) is 0 Å². The first kappa shape index (κ1) is 16.5. The van der Waals surface area contributed by atoms with Crippen molar-refractivity contribution in [2.45, 2.75) is 51.9 Å². The van der Waals surface area contributed by atoms with Crippen LogP contribution in [0, 0.1) is 11.8 Å². The number of rotatable bonds is 6. The lowest BCUT2D eigenvalue weighted by molar-refractivity contribution is -0.123. The van der Waals surface area contributed by atoms with Crippen LogP contribution in [0.25, 0.3) is 0 Å². The number of hydrogen-bond acceptors (Lipinski definition) is 2. The topological polar surface area (TPSA) is 26.3 Å². The molecule has 116 valence electrons. The zero-order chi connectivity index (χ0) is 15.2.